The van der Waals surface area contributed by atoms with Crippen molar-refractivity contribution in [3.05, 3.63) is 83.7 Å². The van der Waals surface area contributed by atoms with Crippen LogP contribution in [0.2, 0.25) is 0 Å². The first-order chi connectivity index (χ1) is 14.5. The first-order valence-corrected chi connectivity index (χ1v) is 11.7. The zero-order valence-corrected chi connectivity index (χ0v) is 19.3. The van der Waals surface area contributed by atoms with Gasteiger partial charge in [-0.1, -0.05) is 45.0 Å². The van der Waals surface area contributed by atoms with Gasteiger partial charge in [0.25, 0.3) is 10.0 Å². The highest BCUT2D eigenvalue weighted by molar-refractivity contribution is 7.92. The number of pyridine rings is 1. The fourth-order valence-corrected chi connectivity index (χ4v) is 4.78. The van der Waals surface area contributed by atoms with Gasteiger partial charge in [-0.05, 0) is 61.4 Å². The molecule has 0 saturated heterocycles. The van der Waals surface area contributed by atoms with Crippen molar-refractivity contribution in [1.29, 1.82) is 0 Å². The van der Waals surface area contributed by atoms with Crippen LogP contribution in [0.15, 0.2) is 71.8 Å². The van der Waals surface area contributed by atoms with Crippen molar-refractivity contribution in [2.75, 3.05) is 4.72 Å². The molecule has 0 radical (unpaired) electrons. The van der Waals surface area contributed by atoms with Gasteiger partial charge in [0.05, 0.1) is 10.6 Å². The molecule has 0 amide bonds. The van der Waals surface area contributed by atoms with E-state index >= 15 is 0 Å². The molecule has 0 aliphatic heterocycles. The predicted octanol–water partition coefficient (Wildman–Crippen LogP) is 5.74. The monoisotopic (exact) mass is 433 g/mol. The highest BCUT2D eigenvalue weighted by atomic mass is 32.2. The number of sulfonamides is 1. The molecule has 4 aromatic rings. The van der Waals surface area contributed by atoms with Crippen LogP contribution in [0.1, 0.15) is 37.6 Å². The van der Waals surface area contributed by atoms with Crippen LogP contribution in [0.5, 0.6) is 0 Å². The summed E-state index contributed by atoms with van der Waals surface area (Å²) in [6, 6.07) is 18.6. The standard InChI is InChI=1S/C25H27N3O2S/c1-17-13-18(2)15-19(14-17)28-16-22(27-31(29,30)20-9-7-6-8-10-20)21-11-12-23(25(3,4)5)26-24(21)28/h6-16,27H,1-5H3. The van der Waals surface area contributed by atoms with Gasteiger partial charge in [-0.15, -0.1) is 0 Å². The molecule has 6 heteroatoms. The minimum absolute atomic E-state index is 0.129. The Kier molecular flexibility index (Phi) is 5.13. The number of anilines is 1. The molecule has 4 rings (SSSR count). The molecule has 0 saturated carbocycles. The average Bonchev–Trinajstić information content (AvgIpc) is 3.04. The van der Waals surface area contributed by atoms with Gasteiger partial charge in [-0.3, -0.25) is 9.29 Å². The second-order valence-corrected chi connectivity index (χ2v) is 10.7. The van der Waals surface area contributed by atoms with Crippen LogP contribution < -0.4 is 4.72 Å². The van der Waals surface area contributed by atoms with Crippen molar-refractivity contribution < 1.29 is 8.42 Å². The summed E-state index contributed by atoms with van der Waals surface area (Å²) in [6.45, 7) is 10.4. The summed E-state index contributed by atoms with van der Waals surface area (Å²) in [6.07, 6.45) is 1.82. The lowest BCUT2D eigenvalue weighted by molar-refractivity contribution is 0.571. The second kappa shape index (κ2) is 7.54. The summed E-state index contributed by atoms with van der Waals surface area (Å²) in [4.78, 5) is 5.16. The van der Waals surface area contributed by atoms with Crippen LogP contribution in [0, 0.1) is 13.8 Å². The molecule has 1 N–H and O–H groups in total. The summed E-state index contributed by atoms with van der Waals surface area (Å²) >= 11 is 0. The molecule has 0 aliphatic rings. The van der Waals surface area contributed by atoms with E-state index < -0.39 is 10.0 Å². The van der Waals surface area contributed by atoms with E-state index in [1.165, 1.54) is 0 Å². The minimum atomic E-state index is -3.72. The number of fused-ring (bicyclic) bond motifs is 1. The van der Waals surface area contributed by atoms with Crippen LogP contribution in [-0.2, 0) is 15.4 Å². The Morgan fingerprint density at radius 3 is 2.16 bits per heavy atom. The molecule has 0 aliphatic carbocycles. The number of benzene rings is 2. The van der Waals surface area contributed by atoms with Crippen molar-refractivity contribution in [3.8, 4) is 5.69 Å². The normalized spacial score (nSPS) is 12.3. The van der Waals surface area contributed by atoms with E-state index in [1.54, 1.807) is 30.3 Å². The smallest absolute Gasteiger partial charge is 0.261 e. The fourth-order valence-electron chi connectivity index (χ4n) is 3.69. The first-order valence-electron chi connectivity index (χ1n) is 10.2. The summed E-state index contributed by atoms with van der Waals surface area (Å²) < 4.78 is 30.7. The third-order valence-corrected chi connectivity index (χ3v) is 6.58. The number of nitrogens with zero attached hydrogens (tertiary/aromatic N) is 2. The molecule has 2 aromatic carbocycles. The molecule has 5 nitrogen and oxygen atoms in total. The Balaban J connectivity index is 1.93. The lowest BCUT2D eigenvalue weighted by Crippen LogP contribution is -2.14. The third-order valence-electron chi connectivity index (χ3n) is 5.20. The Bertz CT molecular complexity index is 1350. The second-order valence-electron chi connectivity index (χ2n) is 8.99. The van der Waals surface area contributed by atoms with E-state index in [2.05, 4.69) is 57.5 Å². The van der Waals surface area contributed by atoms with Crippen LogP contribution in [-0.4, -0.2) is 18.0 Å². The Labute approximate surface area is 183 Å². The molecule has 160 valence electrons. The molecular weight excluding hydrogens is 406 g/mol. The van der Waals surface area contributed by atoms with Crippen LogP contribution in [0.25, 0.3) is 16.7 Å². The van der Waals surface area contributed by atoms with Gasteiger partial charge >= 0.3 is 0 Å². The van der Waals surface area contributed by atoms with E-state index in [4.69, 9.17) is 4.98 Å². The number of aryl methyl sites for hydroxylation is 2. The minimum Gasteiger partial charge on any atom is -0.299 e. The molecular formula is C25H27N3O2S. The van der Waals surface area contributed by atoms with Gasteiger partial charge in [0.2, 0.25) is 0 Å². The highest BCUT2D eigenvalue weighted by Crippen LogP contribution is 2.32. The van der Waals surface area contributed by atoms with Crippen LogP contribution in [0.3, 0.4) is 0 Å². The fraction of sp³-hybridized carbons (Fsp3) is 0.240. The molecule has 0 unspecified atom stereocenters. The van der Waals surface area contributed by atoms with Crippen molar-refractivity contribution >= 4 is 26.7 Å². The summed E-state index contributed by atoms with van der Waals surface area (Å²) in [5.74, 6) is 0. The van der Waals surface area contributed by atoms with E-state index in [1.807, 2.05) is 22.9 Å². The van der Waals surface area contributed by atoms with E-state index in [0.717, 1.165) is 33.5 Å². The average molecular weight is 434 g/mol. The van der Waals surface area contributed by atoms with Gasteiger partial charge in [-0.2, -0.15) is 0 Å². The maximum absolute atomic E-state index is 13.0. The summed E-state index contributed by atoms with van der Waals surface area (Å²) in [7, 11) is -3.72. The maximum Gasteiger partial charge on any atom is 0.261 e. The van der Waals surface area contributed by atoms with Crippen LogP contribution in [0.4, 0.5) is 5.69 Å². The highest BCUT2D eigenvalue weighted by Gasteiger charge is 2.22. The topological polar surface area (TPSA) is 64.0 Å². The molecule has 0 fully saturated rings. The largest absolute Gasteiger partial charge is 0.299 e. The lowest BCUT2D eigenvalue weighted by atomic mass is 9.91. The Morgan fingerprint density at radius 2 is 1.55 bits per heavy atom. The molecule has 2 aromatic heterocycles. The van der Waals surface area contributed by atoms with E-state index in [0.29, 0.717) is 5.69 Å². The van der Waals surface area contributed by atoms with Gasteiger partial charge in [0.15, 0.2) is 0 Å². The molecule has 0 spiro atoms. The molecule has 0 bridgehead atoms. The van der Waals surface area contributed by atoms with E-state index in [-0.39, 0.29) is 10.3 Å². The van der Waals surface area contributed by atoms with Gasteiger partial charge in [0.1, 0.15) is 5.65 Å². The molecule has 0 atom stereocenters. The van der Waals surface area contributed by atoms with Crippen LogP contribution >= 0.6 is 0 Å². The van der Waals surface area contributed by atoms with Crippen molar-refractivity contribution in [2.24, 2.45) is 0 Å². The SMILES string of the molecule is Cc1cc(C)cc(-n2cc(NS(=O)(=O)c3ccccc3)c3ccc(C(C)(C)C)nc32)c1. The molecule has 2 heterocycles. The number of hydrogen-bond acceptors (Lipinski definition) is 3. The van der Waals surface area contributed by atoms with Crippen molar-refractivity contribution in [3.63, 3.8) is 0 Å². The maximum atomic E-state index is 13.0. The molecule has 31 heavy (non-hydrogen) atoms. The van der Waals surface area contributed by atoms with Gasteiger partial charge in [0, 0.05) is 28.4 Å². The van der Waals surface area contributed by atoms with Gasteiger partial charge in [-0.25, -0.2) is 13.4 Å². The zero-order chi connectivity index (χ0) is 22.4. The summed E-state index contributed by atoms with van der Waals surface area (Å²) in [5.41, 5.74) is 5.27. The van der Waals surface area contributed by atoms with Crippen molar-refractivity contribution in [2.45, 2.75) is 44.9 Å². The lowest BCUT2D eigenvalue weighted by Gasteiger charge is -2.18. The van der Waals surface area contributed by atoms with E-state index in [9.17, 15) is 8.42 Å². The quantitative estimate of drug-likeness (QED) is 0.446. The Hall–Kier alpha value is -3.12. The third kappa shape index (κ3) is 4.21. The number of rotatable bonds is 4. The number of nitrogens with one attached hydrogen (secondary N) is 1. The van der Waals surface area contributed by atoms with Gasteiger partial charge < -0.3 is 0 Å². The number of aromatic nitrogens is 2. The van der Waals surface area contributed by atoms with Crippen molar-refractivity contribution in [1.82, 2.24) is 9.55 Å². The number of hydrogen-bond donors (Lipinski definition) is 1. The predicted molar refractivity (Wildman–Crippen MR) is 126 cm³/mol. The Morgan fingerprint density at radius 1 is 0.903 bits per heavy atom. The first kappa shape index (κ1) is 21.1. The zero-order valence-electron chi connectivity index (χ0n) is 18.5. The summed E-state index contributed by atoms with van der Waals surface area (Å²) in [5, 5.41) is 0.756.